The molecule has 35 heavy (non-hydrogen) atoms. The number of rotatable bonds is 8. The molecule has 0 spiro atoms. The van der Waals surface area contributed by atoms with E-state index in [0.29, 0.717) is 6.42 Å². The average molecular weight is 541 g/mol. The van der Waals surface area contributed by atoms with Gasteiger partial charge in [0.1, 0.15) is 12.4 Å². The lowest BCUT2D eigenvalue weighted by Gasteiger charge is -2.24. The molecule has 1 unspecified atom stereocenters. The molecule has 3 aromatic rings. The van der Waals surface area contributed by atoms with Crippen LogP contribution in [0.15, 0.2) is 46.9 Å². The minimum Gasteiger partial charge on any atom is -0.497 e. The highest BCUT2D eigenvalue weighted by atomic mass is 79.9. The SMILES string of the molecule is COc1ccc2c(c1)c(C[C@H](C)CC(=O)N1C(=O)OCC1C(C)C)c(C)n2Cc1ccc(Br)cc1. The lowest BCUT2D eigenvalue weighted by atomic mass is 9.94. The first-order valence-electron chi connectivity index (χ1n) is 12.1. The molecule has 1 aliphatic heterocycles. The van der Waals surface area contributed by atoms with Crippen molar-refractivity contribution in [2.24, 2.45) is 11.8 Å². The van der Waals surface area contributed by atoms with Gasteiger partial charge in [-0.1, -0.05) is 48.8 Å². The molecule has 2 aromatic carbocycles. The summed E-state index contributed by atoms with van der Waals surface area (Å²) in [7, 11) is 1.67. The van der Waals surface area contributed by atoms with Crippen molar-refractivity contribution in [3.63, 3.8) is 0 Å². The highest BCUT2D eigenvalue weighted by Gasteiger charge is 2.39. The zero-order valence-electron chi connectivity index (χ0n) is 21.0. The number of imide groups is 1. The fourth-order valence-corrected chi connectivity index (χ4v) is 5.19. The van der Waals surface area contributed by atoms with Crippen LogP contribution in [-0.2, 0) is 22.5 Å². The predicted molar refractivity (Wildman–Crippen MR) is 141 cm³/mol. The molecule has 0 N–H and O–H groups in total. The molecule has 1 saturated heterocycles. The number of hydrogen-bond acceptors (Lipinski definition) is 4. The fraction of sp³-hybridized carbons (Fsp3) is 0.429. The van der Waals surface area contributed by atoms with Crippen molar-refractivity contribution < 1.29 is 19.1 Å². The molecular weight excluding hydrogens is 508 g/mol. The molecule has 2 amide bonds. The summed E-state index contributed by atoms with van der Waals surface area (Å²) in [5, 5.41) is 1.14. The number of nitrogens with zero attached hydrogens (tertiary/aromatic N) is 2. The molecule has 2 heterocycles. The maximum atomic E-state index is 13.1. The lowest BCUT2D eigenvalue weighted by Crippen LogP contribution is -2.42. The smallest absolute Gasteiger partial charge is 0.416 e. The van der Waals surface area contributed by atoms with E-state index >= 15 is 0 Å². The largest absolute Gasteiger partial charge is 0.497 e. The van der Waals surface area contributed by atoms with Gasteiger partial charge in [0.2, 0.25) is 5.91 Å². The first-order valence-corrected chi connectivity index (χ1v) is 12.9. The second-order valence-electron chi connectivity index (χ2n) is 9.83. The summed E-state index contributed by atoms with van der Waals surface area (Å²) in [4.78, 5) is 26.6. The molecule has 7 heteroatoms. The van der Waals surface area contributed by atoms with Crippen LogP contribution >= 0.6 is 15.9 Å². The second kappa shape index (κ2) is 10.4. The van der Waals surface area contributed by atoms with Gasteiger partial charge in [0.15, 0.2) is 0 Å². The van der Waals surface area contributed by atoms with Crippen LogP contribution in [0.2, 0.25) is 0 Å². The molecule has 0 saturated carbocycles. The van der Waals surface area contributed by atoms with Crippen molar-refractivity contribution in [3.05, 3.63) is 63.8 Å². The van der Waals surface area contributed by atoms with E-state index in [1.54, 1.807) is 7.11 Å². The molecule has 186 valence electrons. The molecule has 0 aliphatic carbocycles. The van der Waals surface area contributed by atoms with Crippen molar-refractivity contribution in [2.75, 3.05) is 13.7 Å². The maximum absolute atomic E-state index is 13.1. The minimum absolute atomic E-state index is 0.0559. The molecule has 4 rings (SSSR count). The van der Waals surface area contributed by atoms with Crippen molar-refractivity contribution in [1.82, 2.24) is 9.47 Å². The quantitative estimate of drug-likeness (QED) is 0.334. The van der Waals surface area contributed by atoms with Crippen LogP contribution in [0.3, 0.4) is 0 Å². The summed E-state index contributed by atoms with van der Waals surface area (Å²) >= 11 is 3.51. The monoisotopic (exact) mass is 540 g/mol. The Labute approximate surface area is 215 Å². The Kier molecular flexibility index (Phi) is 7.55. The minimum atomic E-state index is -0.520. The zero-order valence-corrected chi connectivity index (χ0v) is 22.6. The zero-order chi connectivity index (χ0) is 25.3. The van der Waals surface area contributed by atoms with Crippen LogP contribution in [0.1, 0.15) is 44.0 Å². The van der Waals surface area contributed by atoms with E-state index < -0.39 is 6.09 Å². The average Bonchev–Trinajstić information content (AvgIpc) is 3.33. The number of amides is 2. The summed E-state index contributed by atoms with van der Waals surface area (Å²) in [6.45, 7) is 9.26. The Morgan fingerprint density at radius 1 is 1.17 bits per heavy atom. The van der Waals surface area contributed by atoms with Gasteiger partial charge in [-0.2, -0.15) is 0 Å². The lowest BCUT2D eigenvalue weighted by molar-refractivity contribution is -0.130. The Balaban J connectivity index is 1.61. The van der Waals surface area contributed by atoms with Crippen molar-refractivity contribution in [1.29, 1.82) is 0 Å². The van der Waals surface area contributed by atoms with E-state index in [4.69, 9.17) is 9.47 Å². The number of ether oxygens (including phenoxy) is 2. The first kappa shape index (κ1) is 25.3. The summed E-state index contributed by atoms with van der Waals surface area (Å²) in [6, 6.07) is 14.3. The van der Waals surface area contributed by atoms with Gasteiger partial charge in [-0.25, -0.2) is 9.69 Å². The molecule has 0 radical (unpaired) electrons. The van der Waals surface area contributed by atoms with E-state index in [0.717, 1.165) is 34.1 Å². The normalized spacial score (nSPS) is 16.7. The van der Waals surface area contributed by atoms with Gasteiger partial charge < -0.3 is 14.0 Å². The third kappa shape index (κ3) is 5.25. The standard InChI is InChI=1S/C28H33BrN2O4/c1-17(2)26-16-35-28(33)31(26)27(32)13-18(3)12-23-19(4)30(15-20-6-8-21(29)9-7-20)25-11-10-22(34-5)14-24(23)25/h6-11,14,17-18,26H,12-13,15-16H2,1-5H3/t18-,26?/m0/s1. The van der Waals surface area contributed by atoms with E-state index in [1.807, 2.05) is 19.9 Å². The van der Waals surface area contributed by atoms with E-state index in [2.05, 4.69) is 70.7 Å². The van der Waals surface area contributed by atoms with E-state index in [9.17, 15) is 9.59 Å². The van der Waals surface area contributed by atoms with Crippen LogP contribution in [0.25, 0.3) is 10.9 Å². The Hall–Kier alpha value is -2.80. The van der Waals surface area contributed by atoms with Gasteiger partial charge in [-0.15, -0.1) is 0 Å². The summed E-state index contributed by atoms with van der Waals surface area (Å²) in [6.07, 6.45) is 0.498. The van der Waals surface area contributed by atoms with Gasteiger partial charge >= 0.3 is 6.09 Å². The number of carbonyl (C=O) groups is 2. The van der Waals surface area contributed by atoms with Gasteiger partial charge in [-0.3, -0.25) is 4.79 Å². The van der Waals surface area contributed by atoms with Gasteiger partial charge in [-0.05, 0) is 66.6 Å². The van der Waals surface area contributed by atoms with Crippen molar-refractivity contribution >= 4 is 38.8 Å². The Morgan fingerprint density at radius 3 is 2.54 bits per heavy atom. The third-order valence-electron chi connectivity index (χ3n) is 6.94. The molecule has 1 aromatic heterocycles. The van der Waals surface area contributed by atoms with E-state index in [-0.39, 0.29) is 30.4 Å². The van der Waals surface area contributed by atoms with Gasteiger partial charge in [0.25, 0.3) is 0 Å². The number of halogens is 1. The topological polar surface area (TPSA) is 60.8 Å². The number of carbonyl (C=O) groups excluding carboxylic acids is 2. The highest BCUT2D eigenvalue weighted by molar-refractivity contribution is 9.10. The fourth-order valence-electron chi connectivity index (χ4n) is 4.92. The number of benzene rings is 2. The number of hydrogen-bond donors (Lipinski definition) is 0. The number of cyclic esters (lactones) is 1. The maximum Gasteiger partial charge on any atom is 0.416 e. The third-order valence-corrected chi connectivity index (χ3v) is 7.46. The van der Waals surface area contributed by atoms with Crippen LogP contribution in [0.4, 0.5) is 4.79 Å². The molecule has 1 fully saturated rings. The molecule has 0 bridgehead atoms. The number of methoxy groups -OCH3 is 1. The van der Waals surface area contributed by atoms with Gasteiger partial charge in [0.05, 0.1) is 13.2 Å². The number of fused-ring (bicyclic) bond motifs is 1. The molecule has 1 aliphatic rings. The van der Waals surface area contributed by atoms with Crippen molar-refractivity contribution in [2.45, 2.75) is 53.1 Å². The summed E-state index contributed by atoms with van der Waals surface area (Å²) < 4.78 is 14.1. The molecule has 2 atom stereocenters. The van der Waals surface area contributed by atoms with Crippen LogP contribution in [-0.4, -0.2) is 41.2 Å². The predicted octanol–water partition coefficient (Wildman–Crippen LogP) is 6.34. The van der Waals surface area contributed by atoms with Crippen molar-refractivity contribution in [3.8, 4) is 5.75 Å². The van der Waals surface area contributed by atoms with Gasteiger partial charge in [0, 0.05) is 34.0 Å². The summed E-state index contributed by atoms with van der Waals surface area (Å²) in [5.74, 6) is 0.864. The molecule has 6 nitrogen and oxygen atoms in total. The number of aromatic nitrogens is 1. The summed E-state index contributed by atoms with van der Waals surface area (Å²) in [5.41, 5.74) is 4.74. The van der Waals surface area contributed by atoms with Crippen LogP contribution in [0, 0.1) is 18.8 Å². The van der Waals surface area contributed by atoms with E-state index in [1.165, 1.54) is 21.7 Å². The van der Waals surface area contributed by atoms with Crippen LogP contribution in [0.5, 0.6) is 5.75 Å². The first-order chi connectivity index (χ1) is 16.7. The Bertz CT molecular complexity index is 1230. The van der Waals surface area contributed by atoms with Crippen LogP contribution < -0.4 is 4.74 Å². The second-order valence-corrected chi connectivity index (χ2v) is 10.7. The Morgan fingerprint density at radius 2 is 1.89 bits per heavy atom. The highest BCUT2D eigenvalue weighted by Crippen LogP contribution is 2.33. The molecular formula is C28H33BrN2O4.